The second kappa shape index (κ2) is 9.69. The molecular formula is C13H29N3O2. The number of nitrogens with two attached hydrogens (primary N) is 1. The van der Waals surface area contributed by atoms with Gasteiger partial charge >= 0.3 is 0 Å². The Morgan fingerprint density at radius 3 is 2.44 bits per heavy atom. The van der Waals surface area contributed by atoms with Crippen LogP contribution in [0.2, 0.25) is 0 Å². The van der Waals surface area contributed by atoms with Crippen LogP contribution in [-0.2, 0) is 0 Å². The first kappa shape index (κ1) is 15.9. The highest BCUT2D eigenvalue weighted by Gasteiger charge is 2.21. The van der Waals surface area contributed by atoms with Gasteiger partial charge in [-0.15, -0.1) is 0 Å². The number of hydrogen-bond acceptors (Lipinski definition) is 5. The first-order chi connectivity index (χ1) is 8.81. The van der Waals surface area contributed by atoms with Crippen LogP contribution in [0.25, 0.3) is 0 Å². The van der Waals surface area contributed by atoms with Gasteiger partial charge in [-0.1, -0.05) is 6.42 Å². The van der Waals surface area contributed by atoms with Gasteiger partial charge in [0.2, 0.25) is 0 Å². The van der Waals surface area contributed by atoms with Gasteiger partial charge in [-0.25, -0.2) is 0 Å². The summed E-state index contributed by atoms with van der Waals surface area (Å²) < 4.78 is 0. The van der Waals surface area contributed by atoms with E-state index in [4.69, 9.17) is 15.9 Å². The van der Waals surface area contributed by atoms with E-state index in [-0.39, 0.29) is 13.2 Å². The molecule has 0 radical (unpaired) electrons. The summed E-state index contributed by atoms with van der Waals surface area (Å²) in [6.45, 7) is 5.48. The molecule has 1 aliphatic heterocycles. The van der Waals surface area contributed by atoms with Crippen LogP contribution in [0, 0.1) is 0 Å². The second-order valence-electron chi connectivity index (χ2n) is 5.05. The fourth-order valence-corrected chi connectivity index (χ4v) is 2.80. The standard InChI is InChI=1S/C13H29N3O2/c14-5-8-16-6-2-1-3-13(16)4-7-15(9-11-17)10-12-18/h13,17-18H,1-12,14H2. The van der Waals surface area contributed by atoms with Crippen LogP contribution in [0.1, 0.15) is 25.7 Å². The molecule has 0 aromatic heterocycles. The van der Waals surface area contributed by atoms with E-state index >= 15 is 0 Å². The summed E-state index contributed by atoms with van der Waals surface area (Å²) in [5.41, 5.74) is 5.65. The van der Waals surface area contributed by atoms with E-state index in [1.807, 2.05) is 0 Å². The molecule has 0 aliphatic carbocycles. The van der Waals surface area contributed by atoms with Gasteiger partial charge in [-0.05, 0) is 32.4 Å². The van der Waals surface area contributed by atoms with Crippen molar-refractivity contribution in [2.45, 2.75) is 31.7 Å². The minimum Gasteiger partial charge on any atom is -0.395 e. The maximum atomic E-state index is 8.99. The molecule has 1 fully saturated rings. The lowest BCUT2D eigenvalue weighted by atomic mass is 9.99. The van der Waals surface area contributed by atoms with Crippen molar-refractivity contribution in [3.63, 3.8) is 0 Å². The highest BCUT2D eigenvalue weighted by Crippen LogP contribution is 2.19. The van der Waals surface area contributed by atoms with Crippen LogP contribution in [0.3, 0.4) is 0 Å². The smallest absolute Gasteiger partial charge is 0.0558 e. The molecule has 18 heavy (non-hydrogen) atoms. The van der Waals surface area contributed by atoms with Crippen molar-refractivity contribution in [2.24, 2.45) is 5.73 Å². The SMILES string of the molecule is NCCN1CCCCC1CCN(CCO)CCO. The van der Waals surface area contributed by atoms with E-state index < -0.39 is 0 Å². The lowest BCUT2D eigenvalue weighted by Gasteiger charge is -2.36. The molecule has 1 rings (SSSR count). The molecule has 0 saturated carbocycles. The van der Waals surface area contributed by atoms with E-state index in [0.29, 0.717) is 19.1 Å². The topological polar surface area (TPSA) is 73.0 Å². The van der Waals surface area contributed by atoms with E-state index in [2.05, 4.69) is 9.80 Å². The fourth-order valence-electron chi connectivity index (χ4n) is 2.80. The Kier molecular flexibility index (Phi) is 8.54. The van der Waals surface area contributed by atoms with Crippen molar-refractivity contribution in [3.8, 4) is 0 Å². The minimum atomic E-state index is 0.164. The third kappa shape index (κ3) is 5.63. The van der Waals surface area contributed by atoms with Crippen molar-refractivity contribution in [2.75, 3.05) is 52.5 Å². The van der Waals surface area contributed by atoms with E-state index in [1.165, 1.54) is 25.8 Å². The number of aliphatic hydroxyl groups is 2. The molecule has 5 nitrogen and oxygen atoms in total. The van der Waals surface area contributed by atoms with Crippen molar-refractivity contribution in [3.05, 3.63) is 0 Å². The molecule has 5 heteroatoms. The number of hydrogen-bond donors (Lipinski definition) is 3. The predicted octanol–water partition coefficient (Wildman–Crippen LogP) is -0.524. The van der Waals surface area contributed by atoms with Crippen LogP contribution >= 0.6 is 0 Å². The zero-order valence-corrected chi connectivity index (χ0v) is 11.4. The summed E-state index contributed by atoms with van der Waals surface area (Å²) in [7, 11) is 0. The maximum absolute atomic E-state index is 8.99. The molecule has 4 N–H and O–H groups in total. The van der Waals surface area contributed by atoms with Gasteiger partial charge in [0.15, 0.2) is 0 Å². The molecule has 1 heterocycles. The van der Waals surface area contributed by atoms with Gasteiger partial charge in [0.25, 0.3) is 0 Å². The van der Waals surface area contributed by atoms with Crippen LogP contribution in [0.5, 0.6) is 0 Å². The Morgan fingerprint density at radius 1 is 1.11 bits per heavy atom. The van der Waals surface area contributed by atoms with Gasteiger partial charge in [0.05, 0.1) is 13.2 Å². The van der Waals surface area contributed by atoms with Gasteiger partial charge in [0.1, 0.15) is 0 Å². The summed E-state index contributed by atoms with van der Waals surface area (Å²) in [6.07, 6.45) is 4.96. The summed E-state index contributed by atoms with van der Waals surface area (Å²) in [5.74, 6) is 0. The number of nitrogens with zero attached hydrogens (tertiary/aromatic N) is 2. The molecule has 108 valence electrons. The molecule has 0 aromatic rings. The number of rotatable bonds is 9. The molecule has 0 aromatic carbocycles. The monoisotopic (exact) mass is 259 g/mol. The van der Waals surface area contributed by atoms with Gasteiger partial charge in [-0.3, -0.25) is 9.80 Å². The Labute approximate surface area is 111 Å². The van der Waals surface area contributed by atoms with E-state index in [9.17, 15) is 0 Å². The lowest BCUT2D eigenvalue weighted by Crippen LogP contribution is -2.44. The average molecular weight is 259 g/mol. The van der Waals surface area contributed by atoms with Crippen LogP contribution in [0.4, 0.5) is 0 Å². The first-order valence-corrected chi connectivity index (χ1v) is 7.20. The zero-order valence-electron chi connectivity index (χ0n) is 11.4. The average Bonchev–Trinajstić information content (AvgIpc) is 2.38. The van der Waals surface area contributed by atoms with Crippen molar-refractivity contribution in [1.29, 1.82) is 0 Å². The summed E-state index contributed by atoms with van der Waals surface area (Å²) in [4.78, 5) is 4.63. The Morgan fingerprint density at radius 2 is 1.83 bits per heavy atom. The predicted molar refractivity (Wildman–Crippen MR) is 73.5 cm³/mol. The lowest BCUT2D eigenvalue weighted by molar-refractivity contribution is 0.113. The molecule has 0 spiro atoms. The zero-order chi connectivity index (χ0) is 13.2. The quantitative estimate of drug-likeness (QED) is 0.519. The molecule has 0 amide bonds. The third-order valence-electron chi connectivity index (χ3n) is 3.78. The van der Waals surface area contributed by atoms with Crippen molar-refractivity contribution in [1.82, 2.24) is 9.80 Å². The number of piperidine rings is 1. The normalized spacial score (nSPS) is 21.7. The van der Waals surface area contributed by atoms with Gasteiger partial charge in [-0.2, -0.15) is 0 Å². The molecule has 1 unspecified atom stereocenters. The van der Waals surface area contributed by atoms with Crippen LogP contribution in [0.15, 0.2) is 0 Å². The third-order valence-corrected chi connectivity index (χ3v) is 3.78. The Hall–Kier alpha value is -0.200. The molecular weight excluding hydrogens is 230 g/mol. The number of likely N-dealkylation sites (tertiary alicyclic amines) is 1. The number of aliphatic hydroxyl groups excluding tert-OH is 2. The van der Waals surface area contributed by atoms with Gasteiger partial charge < -0.3 is 15.9 Å². The molecule has 1 atom stereocenters. The summed E-state index contributed by atoms with van der Waals surface area (Å²) in [6, 6.07) is 0.627. The summed E-state index contributed by atoms with van der Waals surface area (Å²) >= 11 is 0. The van der Waals surface area contributed by atoms with Gasteiger partial charge in [0, 0.05) is 32.2 Å². The Balaban J connectivity index is 2.33. The Bertz CT molecular complexity index is 197. The van der Waals surface area contributed by atoms with E-state index in [1.54, 1.807) is 0 Å². The summed E-state index contributed by atoms with van der Waals surface area (Å²) in [5, 5.41) is 18.0. The van der Waals surface area contributed by atoms with Crippen molar-refractivity contribution >= 4 is 0 Å². The first-order valence-electron chi connectivity index (χ1n) is 7.20. The highest BCUT2D eigenvalue weighted by atomic mass is 16.3. The fraction of sp³-hybridized carbons (Fsp3) is 1.00. The van der Waals surface area contributed by atoms with Crippen molar-refractivity contribution < 1.29 is 10.2 Å². The largest absolute Gasteiger partial charge is 0.395 e. The molecule has 1 aliphatic rings. The molecule has 1 saturated heterocycles. The minimum absolute atomic E-state index is 0.164. The van der Waals surface area contributed by atoms with Crippen LogP contribution < -0.4 is 5.73 Å². The molecule has 0 bridgehead atoms. The van der Waals surface area contributed by atoms with Crippen LogP contribution in [-0.4, -0.2) is 78.5 Å². The highest BCUT2D eigenvalue weighted by molar-refractivity contribution is 4.78. The second-order valence-corrected chi connectivity index (χ2v) is 5.05. The van der Waals surface area contributed by atoms with E-state index in [0.717, 1.165) is 26.1 Å². The maximum Gasteiger partial charge on any atom is 0.0558 e.